The third kappa shape index (κ3) is 3.49. The number of rotatable bonds is 5. The largest absolute Gasteiger partial charge is 0.476 e. The van der Waals surface area contributed by atoms with Gasteiger partial charge in [-0.3, -0.25) is 4.79 Å². The minimum atomic E-state index is -1.18. The lowest BCUT2D eigenvalue weighted by atomic mass is 10.2. The van der Waals surface area contributed by atoms with Gasteiger partial charge < -0.3 is 15.2 Å². The number of carboxylic acids is 1. The fraction of sp³-hybridized carbons (Fsp3) is 0.455. The highest BCUT2D eigenvalue weighted by molar-refractivity contribution is 5.92. The summed E-state index contributed by atoms with van der Waals surface area (Å²) in [6.07, 6.45) is 2.03. The normalized spacial score (nSPS) is 13.7. The van der Waals surface area contributed by atoms with Crippen molar-refractivity contribution in [3.63, 3.8) is 0 Å². The molecule has 0 aliphatic heterocycles. The number of amides is 1. The molecule has 1 aromatic heterocycles. The van der Waals surface area contributed by atoms with Gasteiger partial charge in [0.25, 0.3) is 5.91 Å². The predicted octanol–water partition coefficient (Wildman–Crippen LogP) is 0.328. The maximum absolute atomic E-state index is 11.7. The first-order valence-electron chi connectivity index (χ1n) is 5.34. The summed E-state index contributed by atoms with van der Waals surface area (Å²) in [4.78, 5) is 29.7. The molecule has 2 N–H and O–H groups in total. The third-order valence-electron chi connectivity index (χ3n) is 2.54. The molecule has 0 aliphatic carbocycles. The van der Waals surface area contributed by atoms with Gasteiger partial charge in [-0.25, -0.2) is 14.8 Å². The zero-order chi connectivity index (χ0) is 13.7. The molecule has 0 bridgehead atoms. The van der Waals surface area contributed by atoms with E-state index in [0.717, 1.165) is 12.4 Å². The van der Waals surface area contributed by atoms with Gasteiger partial charge in [-0.05, 0) is 13.8 Å². The van der Waals surface area contributed by atoms with Gasteiger partial charge >= 0.3 is 5.97 Å². The minimum Gasteiger partial charge on any atom is -0.476 e. The van der Waals surface area contributed by atoms with Crippen LogP contribution in [0.15, 0.2) is 12.4 Å². The Bertz CT molecular complexity index is 432. The molecule has 2 atom stereocenters. The predicted molar refractivity (Wildman–Crippen MR) is 62.4 cm³/mol. The number of hydrogen-bond acceptors (Lipinski definition) is 5. The smallest absolute Gasteiger partial charge is 0.356 e. The monoisotopic (exact) mass is 253 g/mol. The topological polar surface area (TPSA) is 101 Å². The SMILES string of the molecule is COC(C)[C@H](C)NC(=O)c1cnc(C(=O)O)cn1. The van der Waals surface area contributed by atoms with Crippen LogP contribution in [0.1, 0.15) is 34.8 Å². The molecule has 1 aromatic rings. The van der Waals surface area contributed by atoms with Crippen molar-refractivity contribution in [3.05, 3.63) is 23.8 Å². The van der Waals surface area contributed by atoms with Crippen LogP contribution in [0.3, 0.4) is 0 Å². The fourth-order valence-electron chi connectivity index (χ4n) is 1.16. The molecule has 0 aromatic carbocycles. The van der Waals surface area contributed by atoms with Crippen molar-refractivity contribution in [2.75, 3.05) is 7.11 Å². The number of carbonyl (C=O) groups excluding carboxylic acids is 1. The Hall–Kier alpha value is -2.02. The Balaban J connectivity index is 2.70. The lowest BCUT2D eigenvalue weighted by molar-refractivity contribution is 0.0687. The second-order valence-electron chi connectivity index (χ2n) is 3.79. The van der Waals surface area contributed by atoms with Gasteiger partial charge in [0, 0.05) is 7.11 Å². The highest BCUT2D eigenvalue weighted by Crippen LogP contribution is 2.00. The molecular weight excluding hydrogens is 238 g/mol. The number of nitrogens with one attached hydrogen (secondary N) is 1. The van der Waals surface area contributed by atoms with E-state index < -0.39 is 11.9 Å². The maximum atomic E-state index is 11.7. The summed E-state index contributed by atoms with van der Waals surface area (Å²) in [6, 6.07) is -0.191. The first kappa shape index (κ1) is 14.0. The standard InChI is InChI=1S/C11H15N3O4/c1-6(7(2)18-3)14-10(15)8-4-13-9(5-12-8)11(16)17/h4-7H,1-3H3,(H,14,15)(H,16,17)/t6-,7?/m0/s1. The van der Waals surface area contributed by atoms with Gasteiger partial charge in [-0.1, -0.05) is 0 Å². The Morgan fingerprint density at radius 3 is 2.28 bits per heavy atom. The Morgan fingerprint density at radius 2 is 1.83 bits per heavy atom. The van der Waals surface area contributed by atoms with Crippen LogP contribution in [0, 0.1) is 0 Å². The van der Waals surface area contributed by atoms with Crippen molar-refractivity contribution in [3.8, 4) is 0 Å². The van der Waals surface area contributed by atoms with Crippen molar-refractivity contribution < 1.29 is 19.4 Å². The molecule has 18 heavy (non-hydrogen) atoms. The van der Waals surface area contributed by atoms with Crippen LogP contribution in [0.4, 0.5) is 0 Å². The lowest BCUT2D eigenvalue weighted by Crippen LogP contribution is -2.41. The Morgan fingerprint density at radius 1 is 1.28 bits per heavy atom. The number of hydrogen-bond donors (Lipinski definition) is 2. The summed E-state index contributed by atoms with van der Waals surface area (Å²) >= 11 is 0. The molecule has 98 valence electrons. The van der Waals surface area contributed by atoms with Crippen molar-refractivity contribution in [2.45, 2.75) is 26.0 Å². The minimum absolute atomic E-state index is 0.0650. The zero-order valence-electron chi connectivity index (χ0n) is 10.4. The molecule has 0 fully saturated rings. The molecule has 0 radical (unpaired) electrons. The van der Waals surface area contributed by atoms with Gasteiger partial charge in [0.2, 0.25) is 0 Å². The number of aromatic carboxylic acids is 1. The van der Waals surface area contributed by atoms with E-state index in [4.69, 9.17) is 9.84 Å². The quantitative estimate of drug-likeness (QED) is 0.784. The number of carboxylic acid groups (broad SMARTS) is 1. The molecule has 1 unspecified atom stereocenters. The van der Waals surface area contributed by atoms with Crippen LogP contribution in [0.2, 0.25) is 0 Å². The van der Waals surface area contributed by atoms with E-state index >= 15 is 0 Å². The third-order valence-corrected chi connectivity index (χ3v) is 2.54. The van der Waals surface area contributed by atoms with Gasteiger partial charge in [-0.2, -0.15) is 0 Å². The summed E-state index contributed by atoms with van der Waals surface area (Å²) in [5.74, 6) is -1.60. The summed E-state index contributed by atoms with van der Waals surface area (Å²) < 4.78 is 5.07. The molecule has 0 aliphatic rings. The molecule has 1 amide bonds. The molecule has 1 rings (SSSR count). The van der Waals surface area contributed by atoms with Gasteiger partial charge in [-0.15, -0.1) is 0 Å². The van der Waals surface area contributed by atoms with Crippen molar-refractivity contribution in [2.24, 2.45) is 0 Å². The highest BCUT2D eigenvalue weighted by Gasteiger charge is 2.16. The van der Waals surface area contributed by atoms with Crippen molar-refractivity contribution in [1.82, 2.24) is 15.3 Å². The van der Waals surface area contributed by atoms with Crippen LogP contribution in [0.25, 0.3) is 0 Å². The summed E-state index contributed by atoms with van der Waals surface area (Å²) in [5, 5.41) is 11.3. The van der Waals surface area contributed by atoms with E-state index in [1.807, 2.05) is 6.92 Å². The summed E-state index contributed by atoms with van der Waals surface area (Å²) in [5.41, 5.74) is -0.139. The second-order valence-corrected chi connectivity index (χ2v) is 3.79. The van der Waals surface area contributed by atoms with Crippen LogP contribution in [-0.4, -0.2) is 46.2 Å². The van der Waals surface area contributed by atoms with Crippen LogP contribution in [-0.2, 0) is 4.74 Å². The molecule has 7 nitrogen and oxygen atoms in total. The average molecular weight is 253 g/mol. The number of methoxy groups -OCH3 is 1. The van der Waals surface area contributed by atoms with Gasteiger partial charge in [0.05, 0.1) is 24.5 Å². The number of carbonyl (C=O) groups is 2. The summed E-state index contributed by atoms with van der Waals surface area (Å²) in [6.45, 7) is 3.62. The van der Waals surface area contributed by atoms with E-state index in [1.54, 1.807) is 14.0 Å². The van der Waals surface area contributed by atoms with Crippen LogP contribution >= 0.6 is 0 Å². The van der Waals surface area contributed by atoms with E-state index in [9.17, 15) is 9.59 Å². The second kappa shape index (κ2) is 6.06. The molecule has 1 heterocycles. The molecular formula is C11H15N3O4. The molecule has 7 heteroatoms. The van der Waals surface area contributed by atoms with E-state index in [-0.39, 0.29) is 23.5 Å². The van der Waals surface area contributed by atoms with Crippen molar-refractivity contribution in [1.29, 1.82) is 0 Å². The number of nitrogens with zero attached hydrogens (tertiary/aromatic N) is 2. The Labute approximate surface area is 104 Å². The van der Waals surface area contributed by atoms with Gasteiger partial charge in [0.1, 0.15) is 5.69 Å². The van der Waals surface area contributed by atoms with Crippen LogP contribution < -0.4 is 5.32 Å². The van der Waals surface area contributed by atoms with Crippen molar-refractivity contribution >= 4 is 11.9 Å². The van der Waals surface area contributed by atoms with Gasteiger partial charge in [0.15, 0.2) is 5.69 Å². The molecule has 0 saturated heterocycles. The molecule has 0 spiro atoms. The van der Waals surface area contributed by atoms with E-state index in [0.29, 0.717) is 0 Å². The Kier molecular flexibility index (Phi) is 4.73. The maximum Gasteiger partial charge on any atom is 0.356 e. The van der Waals surface area contributed by atoms with E-state index in [1.165, 1.54) is 0 Å². The van der Waals surface area contributed by atoms with Crippen LogP contribution in [0.5, 0.6) is 0 Å². The first-order chi connectivity index (χ1) is 8.45. The summed E-state index contributed by atoms with van der Waals surface area (Å²) in [7, 11) is 1.55. The average Bonchev–Trinajstić information content (AvgIpc) is 2.37. The number of aromatic nitrogens is 2. The molecule has 0 saturated carbocycles. The highest BCUT2D eigenvalue weighted by atomic mass is 16.5. The first-order valence-corrected chi connectivity index (χ1v) is 5.34. The zero-order valence-corrected chi connectivity index (χ0v) is 10.4. The fourth-order valence-corrected chi connectivity index (χ4v) is 1.16. The number of ether oxygens (including phenoxy) is 1. The lowest BCUT2D eigenvalue weighted by Gasteiger charge is -2.19. The van der Waals surface area contributed by atoms with E-state index in [2.05, 4.69) is 15.3 Å².